The van der Waals surface area contributed by atoms with Crippen LogP contribution in [0.4, 0.5) is 14.9 Å². The van der Waals surface area contributed by atoms with Crippen molar-refractivity contribution in [2.75, 3.05) is 4.90 Å². The third kappa shape index (κ3) is 3.27. The van der Waals surface area contributed by atoms with Gasteiger partial charge in [-0.05, 0) is 53.1 Å². The number of fused-ring (bicyclic) bond motifs is 2. The number of halogens is 3. The van der Waals surface area contributed by atoms with E-state index < -0.39 is 35.2 Å². The highest BCUT2D eigenvalue weighted by molar-refractivity contribution is 6.32. The summed E-state index contributed by atoms with van der Waals surface area (Å²) in [4.78, 5) is 40.0. The monoisotopic (exact) mass is 498 g/mol. The number of piperidine rings is 1. The molecule has 2 heterocycles. The molecule has 0 bridgehead atoms. The van der Waals surface area contributed by atoms with E-state index in [1.54, 1.807) is 42.5 Å². The Morgan fingerprint density at radius 3 is 2.41 bits per heavy atom. The predicted octanol–water partition coefficient (Wildman–Crippen LogP) is 5.44. The van der Waals surface area contributed by atoms with Crippen molar-refractivity contribution in [1.29, 1.82) is 0 Å². The number of carbonyl (C=O) groups excluding carboxylic acids is 2. The molecule has 2 aliphatic heterocycles. The molecule has 5 rings (SSSR count). The van der Waals surface area contributed by atoms with Gasteiger partial charge in [-0.1, -0.05) is 53.5 Å². The highest BCUT2D eigenvalue weighted by atomic mass is 35.5. The summed E-state index contributed by atoms with van der Waals surface area (Å²) in [5.74, 6) is -2.45. The molecule has 2 N–H and O–H groups in total. The Bertz CT molecular complexity index is 1300. The molecule has 2 aliphatic rings. The van der Waals surface area contributed by atoms with E-state index in [4.69, 9.17) is 23.2 Å². The molecular weight excluding hydrogens is 482 g/mol. The average molecular weight is 499 g/mol. The van der Waals surface area contributed by atoms with Crippen LogP contribution in [0.2, 0.25) is 10.0 Å². The summed E-state index contributed by atoms with van der Waals surface area (Å²) in [6, 6.07) is 15.8. The highest BCUT2D eigenvalue weighted by Gasteiger charge is 2.64. The third-order valence-corrected chi connectivity index (χ3v) is 7.00. The zero-order chi connectivity index (χ0) is 24.2. The van der Waals surface area contributed by atoms with Crippen LogP contribution < -0.4 is 10.2 Å². The van der Waals surface area contributed by atoms with E-state index in [2.05, 4.69) is 5.32 Å². The van der Waals surface area contributed by atoms with Gasteiger partial charge in [-0.3, -0.25) is 9.59 Å². The molecule has 172 valence electrons. The molecule has 0 radical (unpaired) electrons. The van der Waals surface area contributed by atoms with Gasteiger partial charge in [0.2, 0.25) is 11.8 Å². The number of nitrogens with zero attached hydrogens (tertiary/aromatic N) is 1. The number of imide groups is 1. The van der Waals surface area contributed by atoms with E-state index in [9.17, 15) is 23.9 Å². The molecule has 9 heteroatoms. The maximum Gasteiger partial charge on any atom is 0.418 e. The molecule has 0 aromatic heterocycles. The van der Waals surface area contributed by atoms with Crippen LogP contribution in [0.15, 0.2) is 66.7 Å². The summed E-state index contributed by atoms with van der Waals surface area (Å²) >= 11 is 12.4. The van der Waals surface area contributed by atoms with Gasteiger partial charge in [0.15, 0.2) is 0 Å². The van der Waals surface area contributed by atoms with Crippen LogP contribution in [0, 0.1) is 5.82 Å². The lowest BCUT2D eigenvalue weighted by Gasteiger charge is -2.46. The lowest BCUT2D eigenvalue weighted by Crippen LogP contribution is -2.58. The number of amides is 3. The molecule has 3 atom stereocenters. The van der Waals surface area contributed by atoms with E-state index in [-0.39, 0.29) is 23.0 Å². The second-order valence-electron chi connectivity index (χ2n) is 8.32. The second kappa shape index (κ2) is 8.11. The standard InChI is InChI=1S/C25H17Cl2FN2O4/c26-15-5-1-3-13(9-15)19-12-21(31)29-22(14-4-2-6-17(28)10-14)25(19)18-8-7-16(27)11-20(18)30(23(25)32)24(33)34/h1-11,19,22H,12H2,(H,29,31)(H,33,34). The summed E-state index contributed by atoms with van der Waals surface area (Å²) in [5, 5.41) is 13.5. The third-order valence-electron chi connectivity index (χ3n) is 6.53. The molecular formula is C25H17Cl2FN2O4. The number of anilines is 1. The number of hydrogen-bond donors (Lipinski definition) is 2. The zero-order valence-electron chi connectivity index (χ0n) is 17.5. The molecule has 0 aliphatic carbocycles. The van der Waals surface area contributed by atoms with Crippen molar-refractivity contribution in [1.82, 2.24) is 5.32 Å². The van der Waals surface area contributed by atoms with E-state index in [1.165, 1.54) is 24.3 Å². The maximum atomic E-state index is 14.3. The fourth-order valence-corrected chi connectivity index (χ4v) is 5.64. The van der Waals surface area contributed by atoms with Crippen LogP contribution in [0.3, 0.4) is 0 Å². The SMILES string of the molecule is O=C1CC(c2cccc(Cl)c2)C2(C(=O)N(C(=O)O)c3cc(Cl)ccc32)C(c2cccc(F)c2)N1. The fourth-order valence-electron chi connectivity index (χ4n) is 5.27. The Balaban J connectivity index is 1.87. The summed E-state index contributed by atoms with van der Waals surface area (Å²) in [6.45, 7) is 0. The van der Waals surface area contributed by atoms with Crippen molar-refractivity contribution in [3.63, 3.8) is 0 Å². The van der Waals surface area contributed by atoms with Crippen molar-refractivity contribution in [2.24, 2.45) is 0 Å². The van der Waals surface area contributed by atoms with E-state index in [1.807, 2.05) is 0 Å². The minimum atomic E-state index is -1.59. The summed E-state index contributed by atoms with van der Waals surface area (Å²) in [5.41, 5.74) is -0.185. The average Bonchev–Trinajstić information content (AvgIpc) is 3.03. The van der Waals surface area contributed by atoms with Gasteiger partial charge in [0.05, 0.1) is 11.7 Å². The first-order valence-electron chi connectivity index (χ1n) is 10.4. The Morgan fingerprint density at radius 2 is 1.71 bits per heavy atom. The first kappa shape index (κ1) is 22.4. The second-order valence-corrected chi connectivity index (χ2v) is 9.19. The highest BCUT2D eigenvalue weighted by Crippen LogP contribution is 2.59. The minimum Gasteiger partial charge on any atom is -0.464 e. The van der Waals surface area contributed by atoms with Crippen molar-refractivity contribution >= 4 is 46.8 Å². The first-order chi connectivity index (χ1) is 16.2. The molecule has 3 aromatic rings. The molecule has 6 nitrogen and oxygen atoms in total. The number of carbonyl (C=O) groups is 3. The minimum absolute atomic E-state index is 0.104. The normalized spacial score (nSPS) is 23.7. The van der Waals surface area contributed by atoms with Crippen LogP contribution in [-0.4, -0.2) is 23.0 Å². The summed E-state index contributed by atoms with van der Waals surface area (Å²) < 4.78 is 14.3. The zero-order valence-corrected chi connectivity index (χ0v) is 19.0. The van der Waals surface area contributed by atoms with Crippen LogP contribution in [0.5, 0.6) is 0 Å². The molecule has 1 fully saturated rings. The predicted molar refractivity (Wildman–Crippen MR) is 125 cm³/mol. The summed E-state index contributed by atoms with van der Waals surface area (Å²) in [7, 11) is 0. The van der Waals surface area contributed by atoms with Gasteiger partial charge in [0.25, 0.3) is 0 Å². The first-order valence-corrected chi connectivity index (χ1v) is 11.2. The van der Waals surface area contributed by atoms with Gasteiger partial charge in [-0.25, -0.2) is 14.1 Å². The Labute approximate surface area is 203 Å². The van der Waals surface area contributed by atoms with E-state index in [0.717, 1.165) is 0 Å². The smallest absolute Gasteiger partial charge is 0.418 e. The molecule has 3 amide bonds. The van der Waals surface area contributed by atoms with E-state index in [0.29, 0.717) is 26.6 Å². The van der Waals surface area contributed by atoms with Gasteiger partial charge in [0, 0.05) is 22.4 Å². The number of benzene rings is 3. The van der Waals surface area contributed by atoms with Crippen LogP contribution in [-0.2, 0) is 15.0 Å². The van der Waals surface area contributed by atoms with Crippen molar-refractivity contribution in [3.05, 3.63) is 99.3 Å². The fraction of sp³-hybridized carbons (Fsp3) is 0.160. The van der Waals surface area contributed by atoms with Crippen molar-refractivity contribution in [2.45, 2.75) is 23.8 Å². The molecule has 1 saturated heterocycles. The lowest BCUT2D eigenvalue weighted by atomic mass is 9.59. The largest absolute Gasteiger partial charge is 0.464 e. The van der Waals surface area contributed by atoms with Crippen LogP contribution in [0.25, 0.3) is 0 Å². The molecule has 3 unspecified atom stereocenters. The van der Waals surface area contributed by atoms with Crippen molar-refractivity contribution < 1.29 is 23.9 Å². The quantitative estimate of drug-likeness (QED) is 0.492. The molecule has 1 spiro atoms. The van der Waals surface area contributed by atoms with Gasteiger partial charge in [0.1, 0.15) is 11.2 Å². The van der Waals surface area contributed by atoms with Crippen LogP contribution in [0.1, 0.15) is 35.1 Å². The van der Waals surface area contributed by atoms with Gasteiger partial charge < -0.3 is 10.4 Å². The summed E-state index contributed by atoms with van der Waals surface area (Å²) in [6.07, 6.45) is -1.59. The molecule has 34 heavy (non-hydrogen) atoms. The van der Waals surface area contributed by atoms with E-state index >= 15 is 0 Å². The number of carboxylic acid groups (broad SMARTS) is 1. The maximum absolute atomic E-state index is 14.3. The topological polar surface area (TPSA) is 86.7 Å². The molecule has 3 aromatic carbocycles. The lowest BCUT2D eigenvalue weighted by molar-refractivity contribution is -0.132. The Kier molecular flexibility index (Phi) is 5.34. The van der Waals surface area contributed by atoms with Crippen molar-refractivity contribution in [3.8, 4) is 0 Å². The van der Waals surface area contributed by atoms with Gasteiger partial charge in [-0.15, -0.1) is 0 Å². The molecule has 0 saturated carbocycles. The van der Waals surface area contributed by atoms with Gasteiger partial charge in [-0.2, -0.15) is 0 Å². The van der Waals surface area contributed by atoms with Gasteiger partial charge >= 0.3 is 6.09 Å². The number of nitrogens with one attached hydrogen (secondary N) is 1. The number of hydrogen-bond acceptors (Lipinski definition) is 3. The Hall–Kier alpha value is -3.42. The van der Waals surface area contributed by atoms with Crippen LogP contribution >= 0.6 is 23.2 Å². The number of rotatable bonds is 2. The Morgan fingerprint density at radius 1 is 1.00 bits per heavy atom.